The van der Waals surface area contributed by atoms with E-state index in [2.05, 4.69) is 28.7 Å². The number of rotatable bonds is 6. The van der Waals surface area contributed by atoms with Crippen LogP contribution in [0.5, 0.6) is 5.75 Å². The third-order valence-corrected chi connectivity index (χ3v) is 7.63. The molecule has 0 saturated carbocycles. The molecule has 0 bridgehead atoms. The predicted octanol–water partition coefficient (Wildman–Crippen LogP) is 4.59. The van der Waals surface area contributed by atoms with Crippen LogP contribution in [0.3, 0.4) is 0 Å². The number of sulfonamides is 1. The average molecular weight is 417 g/mol. The lowest BCUT2D eigenvalue weighted by atomic mass is 9.99. The van der Waals surface area contributed by atoms with Crippen molar-refractivity contribution in [2.24, 2.45) is 5.92 Å². The van der Waals surface area contributed by atoms with Gasteiger partial charge in [-0.15, -0.1) is 0 Å². The Morgan fingerprint density at radius 3 is 2.41 bits per heavy atom. The molecule has 5 nitrogen and oxygen atoms in total. The highest BCUT2D eigenvalue weighted by Crippen LogP contribution is 2.29. The van der Waals surface area contributed by atoms with Gasteiger partial charge < -0.3 is 9.64 Å². The summed E-state index contributed by atoms with van der Waals surface area (Å²) in [7, 11) is -2.05. The van der Waals surface area contributed by atoms with Gasteiger partial charge in [0.05, 0.1) is 12.0 Å². The van der Waals surface area contributed by atoms with Crippen LogP contribution in [0.4, 0.5) is 5.69 Å². The van der Waals surface area contributed by atoms with E-state index in [-0.39, 0.29) is 6.04 Å². The van der Waals surface area contributed by atoms with E-state index in [4.69, 9.17) is 4.74 Å². The third kappa shape index (κ3) is 4.75. The summed E-state index contributed by atoms with van der Waals surface area (Å²) in [6.45, 7) is 10.0. The van der Waals surface area contributed by atoms with Gasteiger partial charge in [-0.3, -0.25) is 0 Å². The quantitative estimate of drug-likeness (QED) is 0.748. The van der Waals surface area contributed by atoms with Crippen molar-refractivity contribution in [3.63, 3.8) is 0 Å². The van der Waals surface area contributed by atoms with Crippen molar-refractivity contribution in [1.29, 1.82) is 0 Å². The van der Waals surface area contributed by atoms with Gasteiger partial charge in [0.2, 0.25) is 10.0 Å². The lowest BCUT2D eigenvalue weighted by Gasteiger charge is -2.33. The van der Waals surface area contributed by atoms with Gasteiger partial charge >= 0.3 is 0 Å². The Bertz CT molecular complexity index is 955. The maximum Gasteiger partial charge on any atom is 0.241 e. The topological polar surface area (TPSA) is 58.6 Å². The number of nitrogens with zero attached hydrogens (tertiary/aromatic N) is 1. The first-order valence-corrected chi connectivity index (χ1v) is 11.7. The Balaban J connectivity index is 1.75. The number of benzene rings is 2. The lowest BCUT2D eigenvalue weighted by molar-refractivity contribution is 0.410. The molecule has 1 aliphatic heterocycles. The van der Waals surface area contributed by atoms with Crippen LogP contribution in [0, 0.1) is 19.8 Å². The summed E-state index contributed by atoms with van der Waals surface area (Å²) in [6, 6.07) is 11.2. The molecular weight excluding hydrogens is 384 g/mol. The van der Waals surface area contributed by atoms with Gasteiger partial charge in [0.1, 0.15) is 5.75 Å². The fraction of sp³-hybridized carbons (Fsp3) is 0.478. The molecule has 1 fully saturated rings. The van der Waals surface area contributed by atoms with Crippen LogP contribution >= 0.6 is 0 Å². The van der Waals surface area contributed by atoms with E-state index < -0.39 is 10.0 Å². The molecule has 1 saturated heterocycles. The van der Waals surface area contributed by atoms with Crippen LogP contribution < -0.4 is 14.4 Å². The highest BCUT2D eigenvalue weighted by Gasteiger charge is 2.23. The van der Waals surface area contributed by atoms with Crippen LogP contribution in [-0.4, -0.2) is 28.6 Å². The molecule has 1 N–H and O–H groups in total. The molecule has 0 aliphatic carbocycles. The van der Waals surface area contributed by atoms with Crippen molar-refractivity contribution in [2.45, 2.75) is 51.5 Å². The monoisotopic (exact) mass is 416 g/mol. The molecule has 6 heteroatoms. The second-order valence-electron chi connectivity index (χ2n) is 8.14. The Morgan fingerprint density at radius 1 is 1.10 bits per heavy atom. The Hall–Kier alpha value is -2.05. The Kier molecular flexibility index (Phi) is 6.54. The number of ether oxygens (including phenoxy) is 1. The number of anilines is 1. The number of nitrogens with one attached hydrogen (secondary N) is 1. The number of hydrogen-bond donors (Lipinski definition) is 1. The molecule has 0 radical (unpaired) electrons. The molecule has 0 unspecified atom stereocenters. The first kappa shape index (κ1) is 21.7. The van der Waals surface area contributed by atoms with Crippen LogP contribution in [0.1, 0.15) is 49.4 Å². The molecule has 0 aromatic heterocycles. The van der Waals surface area contributed by atoms with Crippen LogP contribution in [0.15, 0.2) is 41.3 Å². The standard InChI is InChI=1S/C23H32N2O3S/c1-16-7-6-14-25(15-16)21-10-8-20(9-11-21)19(4)24-29(26,27)23-13-12-22(28-5)17(2)18(23)3/h8-13,16,19,24H,6-7,14-15H2,1-5H3/t16-,19-/m0/s1. The van der Waals surface area contributed by atoms with Crippen molar-refractivity contribution in [2.75, 3.05) is 25.1 Å². The summed E-state index contributed by atoms with van der Waals surface area (Å²) in [5.74, 6) is 1.41. The van der Waals surface area contributed by atoms with Crippen molar-refractivity contribution in [3.05, 3.63) is 53.1 Å². The highest BCUT2D eigenvalue weighted by molar-refractivity contribution is 7.89. The van der Waals surface area contributed by atoms with Crippen LogP contribution in [-0.2, 0) is 10.0 Å². The minimum absolute atomic E-state index is 0.293. The van der Waals surface area contributed by atoms with Crippen molar-refractivity contribution < 1.29 is 13.2 Å². The van der Waals surface area contributed by atoms with E-state index in [9.17, 15) is 8.42 Å². The number of piperidine rings is 1. The van der Waals surface area contributed by atoms with E-state index in [1.807, 2.05) is 32.9 Å². The molecule has 1 aliphatic rings. The molecule has 29 heavy (non-hydrogen) atoms. The van der Waals surface area contributed by atoms with E-state index >= 15 is 0 Å². The summed E-state index contributed by atoms with van der Waals surface area (Å²) < 4.78 is 34.1. The fourth-order valence-corrected chi connectivity index (χ4v) is 5.58. The molecule has 2 aromatic rings. The fourth-order valence-electron chi connectivity index (χ4n) is 4.05. The number of hydrogen-bond acceptors (Lipinski definition) is 4. The van der Waals surface area contributed by atoms with Gasteiger partial charge in [-0.1, -0.05) is 19.1 Å². The summed E-state index contributed by atoms with van der Waals surface area (Å²) >= 11 is 0. The summed E-state index contributed by atoms with van der Waals surface area (Å²) in [5.41, 5.74) is 3.70. The van der Waals surface area contributed by atoms with E-state index in [0.29, 0.717) is 22.1 Å². The van der Waals surface area contributed by atoms with Gasteiger partial charge in [0.25, 0.3) is 0 Å². The molecule has 1 heterocycles. The zero-order valence-corrected chi connectivity index (χ0v) is 18.8. The van der Waals surface area contributed by atoms with Gasteiger partial charge in [-0.05, 0) is 80.5 Å². The zero-order valence-electron chi connectivity index (χ0n) is 18.0. The first-order chi connectivity index (χ1) is 13.7. The van der Waals surface area contributed by atoms with E-state index in [1.54, 1.807) is 19.2 Å². The maximum atomic E-state index is 13.0. The molecule has 158 valence electrons. The first-order valence-electron chi connectivity index (χ1n) is 10.2. The normalized spacial score (nSPS) is 18.5. The summed E-state index contributed by atoms with van der Waals surface area (Å²) in [6.07, 6.45) is 2.51. The second-order valence-corrected chi connectivity index (χ2v) is 9.83. The second kappa shape index (κ2) is 8.76. The average Bonchev–Trinajstić information content (AvgIpc) is 2.69. The Labute approximate surface area is 175 Å². The van der Waals surface area contributed by atoms with Crippen LogP contribution in [0.25, 0.3) is 0 Å². The highest BCUT2D eigenvalue weighted by atomic mass is 32.2. The Morgan fingerprint density at radius 2 is 1.79 bits per heavy atom. The smallest absolute Gasteiger partial charge is 0.241 e. The van der Waals surface area contributed by atoms with Crippen molar-refractivity contribution in [3.8, 4) is 5.75 Å². The minimum atomic E-state index is -3.64. The van der Waals surface area contributed by atoms with Gasteiger partial charge in [0.15, 0.2) is 0 Å². The van der Waals surface area contributed by atoms with Crippen LogP contribution in [0.2, 0.25) is 0 Å². The summed E-state index contributed by atoms with van der Waals surface area (Å²) in [5, 5.41) is 0. The summed E-state index contributed by atoms with van der Waals surface area (Å²) in [4.78, 5) is 2.71. The van der Waals surface area contributed by atoms with Crippen molar-refractivity contribution in [1.82, 2.24) is 4.72 Å². The largest absolute Gasteiger partial charge is 0.496 e. The van der Waals surface area contributed by atoms with Crippen molar-refractivity contribution >= 4 is 15.7 Å². The molecule has 3 rings (SSSR count). The predicted molar refractivity (Wildman–Crippen MR) is 118 cm³/mol. The number of methoxy groups -OCH3 is 1. The molecule has 0 amide bonds. The van der Waals surface area contributed by atoms with E-state index in [0.717, 1.165) is 24.2 Å². The molecule has 2 atom stereocenters. The molecular formula is C23H32N2O3S. The maximum absolute atomic E-state index is 13.0. The molecule has 0 spiro atoms. The SMILES string of the molecule is COc1ccc(S(=O)(=O)N[C@@H](C)c2ccc(N3CCC[C@H](C)C3)cc2)c(C)c1C. The van der Waals surface area contributed by atoms with Gasteiger partial charge in [-0.25, -0.2) is 13.1 Å². The van der Waals surface area contributed by atoms with E-state index in [1.165, 1.54) is 18.5 Å². The van der Waals surface area contributed by atoms with Gasteiger partial charge in [0, 0.05) is 24.8 Å². The zero-order chi connectivity index (χ0) is 21.2. The molecule has 2 aromatic carbocycles. The minimum Gasteiger partial charge on any atom is -0.496 e. The van der Waals surface area contributed by atoms with Gasteiger partial charge in [-0.2, -0.15) is 0 Å². The lowest BCUT2D eigenvalue weighted by Crippen LogP contribution is -2.34. The third-order valence-electron chi connectivity index (χ3n) is 5.94.